The smallest absolute Gasteiger partial charge is 0.265 e. The van der Waals surface area contributed by atoms with E-state index in [0.717, 1.165) is 0 Å². The highest BCUT2D eigenvalue weighted by Crippen LogP contribution is 2.33. The summed E-state index contributed by atoms with van der Waals surface area (Å²) in [6, 6.07) is 11.1. The predicted octanol–water partition coefficient (Wildman–Crippen LogP) is 1.10. The molecule has 0 saturated heterocycles. The van der Waals surface area contributed by atoms with Crippen molar-refractivity contribution in [1.82, 2.24) is 0 Å². The topological polar surface area (TPSA) is 125 Å². The molecule has 3 amide bonds. The quantitative estimate of drug-likeness (QED) is 0.792. The van der Waals surface area contributed by atoms with Crippen LogP contribution >= 0.6 is 11.6 Å². The van der Waals surface area contributed by atoms with E-state index in [1.54, 1.807) is 24.3 Å². The molecule has 27 heavy (non-hydrogen) atoms. The average molecular weight is 390 g/mol. The highest BCUT2D eigenvalue weighted by Gasteiger charge is 2.32. The Bertz CT molecular complexity index is 918. The number of nitrogens with two attached hydrogens (primary N) is 2. The molecule has 1 aliphatic rings. The molecule has 1 heterocycles. The lowest BCUT2D eigenvalue weighted by Gasteiger charge is -2.33. The van der Waals surface area contributed by atoms with E-state index < -0.39 is 23.8 Å². The monoisotopic (exact) mass is 389 g/mol. The number of halogens is 1. The van der Waals surface area contributed by atoms with E-state index in [-0.39, 0.29) is 24.5 Å². The van der Waals surface area contributed by atoms with Gasteiger partial charge in [0.25, 0.3) is 17.7 Å². The average Bonchev–Trinajstić information content (AvgIpc) is 2.65. The van der Waals surface area contributed by atoms with Crippen LogP contribution < -0.4 is 25.8 Å². The van der Waals surface area contributed by atoms with Gasteiger partial charge < -0.3 is 25.8 Å². The number of fused-ring (bicyclic) bond motifs is 1. The van der Waals surface area contributed by atoms with E-state index >= 15 is 0 Å². The lowest BCUT2D eigenvalue weighted by atomic mass is 10.1. The summed E-state index contributed by atoms with van der Waals surface area (Å²) in [5.41, 5.74) is 11.2. The van der Waals surface area contributed by atoms with Gasteiger partial charge in [-0.25, -0.2) is 0 Å². The maximum Gasteiger partial charge on any atom is 0.265 e. The Hall–Kier alpha value is -3.26. The first-order chi connectivity index (χ1) is 12.9. The number of anilines is 1. The van der Waals surface area contributed by atoms with E-state index in [1.165, 1.54) is 23.1 Å². The van der Waals surface area contributed by atoms with Crippen molar-refractivity contribution in [3.05, 3.63) is 53.1 Å². The van der Waals surface area contributed by atoms with Crippen LogP contribution in [0.4, 0.5) is 5.69 Å². The van der Waals surface area contributed by atoms with Gasteiger partial charge in [-0.1, -0.05) is 23.7 Å². The third-order valence-electron chi connectivity index (χ3n) is 3.95. The lowest BCUT2D eigenvalue weighted by molar-refractivity contribution is -0.125. The summed E-state index contributed by atoms with van der Waals surface area (Å²) in [4.78, 5) is 37.1. The fourth-order valence-electron chi connectivity index (χ4n) is 2.66. The van der Waals surface area contributed by atoms with Crippen molar-refractivity contribution in [3.8, 4) is 11.5 Å². The second-order valence-electron chi connectivity index (χ2n) is 5.77. The first kappa shape index (κ1) is 18.5. The fraction of sp³-hybridized carbons (Fsp3) is 0.167. The van der Waals surface area contributed by atoms with Crippen LogP contribution in [0, 0.1) is 0 Å². The summed E-state index contributed by atoms with van der Waals surface area (Å²) in [5, 5.41) is 0.314. The summed E-state index contributed by atoms with van der Waals surface area (Å²) in [7, 11) is 0. The van der Waals surface area contributed by atoms with Crippen LogP contribution in [-0.4, -0.2) is 37.0 Å². The van der Waals surface area contributed by atoms with Crippen molar-refractivity contribution in [1.29, 1.82) is 0 Å². The van der Waals surface area contributed by atoms with Gasteiger partial charge in [-0.2, -0.15) is 0 Å². The van der Waals surface area contributed by atoms with Gasteiger partial charge in [0, 0.05) is 5.02 Å². The number of ether oxygens (including phenoxy) is 2. The Morgan fingerprint density at radius 2 is 1.93 bits per heavy atom. The molecule has 0 bridgehead atoms. The summed E-state index contributed by atoms with van der Waals surface area (Å²) in [6.45, 7) is -0.431. The zero-order valence-corrected chi connectivity index (χ0v) is 14.8. The molecule has 1 atom stereocenters. The Morgan fingerprint density at radius 3 is 2.63 bits per heavy atom. The first-order valence-corrected chi connectivity index (χ1v) is 8.32. The molecule has 2 aromatic rings. The maximum atomic E-state index is 12.7. The third kappa shape index (κ3) is 3.95. The van der Waals surface area contributed by atoms with Gasteiger partial charge >= 0.3 is 0 Å². The zero-order chi connectivity index (χ0) is 19.6. The number of benzene rings is 2. The highest BCUT2D eigenvalue weighted by molar-refractivity contribution is 6.31. The van der Waals surface area contributed by atoms with Gasteiger partial charge in [0.05, 0.1) is 17.8 Å². The maximum absolute atomic E-state index is 12.7. The lowest BCUT2D eigenvalue weighted by Crippen LogP contribution is -2.50. The minimum atomic E-state index is -0.972. The Morgan fingerprint density at radius 1 is 1.19 bits per heavy atom. The molecule has 0 radical (unpaired) electrons. The molecular formula is C18H16ClN3O5. The van der Waals surface area contributed by atoms with Crippen LogP contribution in [0.1, 0.15) is 10.4 Å². The van der Waals surface area contributed by atoms with Crippen molar-refractivity contribution in [2.45, 2.75) is 6.10 Å². The van der Waals surface area contributed by atoms with E-state index in [9.17, 15) is 14.4 Å². The van der Waals surface area contributed by atoms with Crippen LogP contribution in [0.2, 0.25) is 5.02 Å². The second-order valence-corrected chi connectivity index (χ2v) is 6.21. The molecule has 140 valence electrons. The fourth-order valence-corrected chi connectivity index (χ4v) is 2.83. The number of hydrogen-bond donors (Lipinski definition) is 2. The second kappa shape index (κ2) is 7.55. The van der Waals surface area contributed by atoms with Crippen LogP contribution in [0.15, 0.2) is 42.5 Å². The van der Waals surface area contributed by atoms with Crippen molar-refractivity contribution in [2.75, 3.05) is 18.1 Å². The normalized spacial score (nSPS) is 15.4. The SMILES string of the molecule is NC(=O)c1cc(Cl)ccc1OCC(=O)N1CC(C(N)=O)Oc2ccccc21. The third-order valence-corrected chi connectivity index (χ3v) is 4.19. The van der Waals surface area contributed by atoms with Gasteiger partial charge in [0.1, 0.15) is 11.5 Å². The number of carbonyl (C=O) groups excluding carboxylic acids is 3. The molecule has 2 aromatic carbocycles. The highest BCUT2D eigenvalue weighted by atomic mass is 35.5. The molecule has 0 aromatic heterocycles. The molecule has 9 heteroatoms. The standard InChI is InChI=1S/C18H16ClN3O5/c19-10-5-6-13(11(7-10)17(20)24)26-9-16(23)22-8-15(18(21)25)27-14-4-2-1-3-12(14)22/h1-7,15H,8-9H2,(H2,20,24)(H2,21,25). The van der Waals surface area contributed by atoms with Gasteiger partial charge in [-0.3, -0.25) is 14.4 Å². The van der Waals surface area contributed by atoms with Crippen LogP contribution in [0.25, 0.3) is 0 Å². The van der Waals surface area contributed by atoms with Gasteiger partial charge in [-0.05, 0) is 30.3 Å². The summed E-state index contributed by atoms with van der Waals surface area (Å²) < 4.78 is 11.0. The van der Waals surface area contributed by atoms with Crippen molar-refractivity contribution in [3.63, 3.8) is 0 Å². The van der Waals surface area contributed by atoms with Crippen LogP contribution in [-0.2, 0) is 9.59 Å². The number of nitrogens with zero attached hydrogens (tertiary/aromatic N) is 1. The van der Waals surface area contributed by atoms with Crippen molar-refractivity contribution >= 4 is 35.0 Å². The van der Waals surface area contributed by atoms with E-state index in [4.69, 9.17) is 32.5 Å². The summed E-state index contributed by atoms with van der Waals surface area (Å²) >= 11 is 5.85. The number of primary amides is 2. The number of rotatable bonds is 5. The molecule has 0 spiro atoms. The van der Waals surface area contributed by atoms with Gasteiger partial charge in [-0.15, -0.1) is 0 Å². The van der Waals surface area contributed by atoms with Crippen molar-refractivity contribution in [2.24, 2.45) is 11.5 Å². The summed E-state index contributed by atoms with van der Waals surface area (Å²) in [5.74, 6) is -1.36. The molecule has 1 unspecified atom stereocenters. The molecule has 1 aliphatic heterocycles. The molecule has 0 saturated carbocycles. The minimum Gasteiger partial charge on any atom is -0.483 e. The largest absolute Gasteiger partial charge is 0.483 e. The zero-order valence-electron chi connectivity index (χ0n) is 14.1. The number of para-hydroxylation sites is 2. The number of hydrogen-bond acceptors (Lipinski definition) is 5. The minimum absolute atomic E-state index is 0.0438. The first-order valence-electron chi connectivity index (χ1n) is 7.94. The van der Waals surface area contributed by atoms with E-state index in [1.807, 2.05) is 0 Å². The van der Waals surface area contributed by atoms with Crippen molar-refractivity contribution < 1.29 is 23.9 Å². The Labute approximate surface area is 159 Å². The Kier molecular flexibility index (Phi) is 5.18. The molecule has 0 fully saturated rings. The molecule has 3 rings (SSSR count). The van der Waals surface area contributed by atoms with Crippen LogP contribution in [0.5, 0.6) is 11.5 Å². The number of amides is 3. The van der Waals surface area contributed by atoms with Crippen LogP contribution in [0.3, 0.4) is 0 Å². The van der Waals surface area contributed by atoms with Gasteiger partial charge in [0.15, 0.2) is 12.7 Å². The molecule has 4 N–H and O–H groups in total. The molecule has 0 aliphatic carbocycles. The summed E-state index contributed by atoms with van der Waals surface area (Å²) in [6.07, 6.45) is -0.972. The molecule has 8 nitrogen and oxygen atoms in total. The van der Waals surface area contributed by atoms with E-state index in [2.05, 4.69) is 0 Å². The number of carbonyl (C=O) groups is 3. The molecular weight excluding hydrogens is 374 g/mol. The Balaban J connectivity index is 1.80. The van der Waals surface area contributed by atoms with E-state index in [0.29, 0.717) is 16.5 Å². The van der Waals surface area contributed by atoms with Gasteiger partial charge in [0.2, 0.25) is 0 Å². The predicted molar refractivity (Wildman–Crippen MR) is 97.9 cm³/mol.